The second kappa shape index (κ2) is 2.94. The highest BCUT2D eigenvalue weighted by Gasteiger charge is 2.32. The minimum absolute atomic E-state index is 0.581. The van der Waals surface area contributed by atoms with Crippen LogP contribution in [0.1, 0.15) is 13.3 Å². The van der Waals surface area contributed by atoms with E-state index in [0.29, 0.717) is 11.1 Å². The number of rotatable bonds is 2. The van der Waals surface area contributed by atoms with E-state index in [9.17, 15) is 0 Å². The van der Waals surface area contributed by atoms with Gasteiger partial charge in [-0.1, -0.05) is 18.5 Å². The quantitative estimate of drug-likeness (QED) is 0.761. The molecular formula is C9H11ClN2. The van der Waals surface area contributed by atoms with Crippen LogP contribution in [0.4, 0.5) is 5.82 Å². The molecule has 1 saturated carbocycles. The van der Waals surface area contributed by atoms with E-state index in [1.165, 1.54) is 6.42 Å². The third kappa shape index (κ3) is 1.53. The number of nitrogens with one attached hydrogen (secondary N) is 1. The second-order valence-corrected chi connectivity index (χ2v) is 3.70. The van der Waals surface area contributed by atoms with Gasteiger partial charge in [-0.2, -0.15) is 0 Å². The number of anilines is 1. The van der Waals surface area contributed by atoms with E-state index in [2.05, 4.69) is 17.2 Å². The summed E-state index contributed by atoms with van der Waals surface area (Å²) in [6.45, 7) is 2.22. The zero-order valence-corrected chi connectivity index (χ0v) is 7.67. The topological polar surface area (TPSA) is 24.9 Å². The molecule has 64 valence electrons. The van der Waals surface area contributed by atoms with Gasteiger partial charge in [0.15, 0.2) is 0 Å². The van der Waals surface area contributed by atoms with E-state index in [-0.39, 0.29) is 0 Å². The van der Waals surface area contributed by atoms with Gasteiger partial charge >= 0.3 is 0 Å². The summed E-state index contributed by atoms with van der Waals surface area (Å²) in [4.78, 5) is 4.15. The van der Waals surface area contributed by atoms with Crippen molar-refractivity contribution in [3.8, 4) is 0 Å². The third-order valence-corrected chi connectivity index (χ3v) is 2.50. The van der Waals surface area contributed by atoms with Gasteiger partial charge in [-0.15, -0.1) is 0 Å². The normalized spacial score (nSPS) is 26.8. The molecule has 2 atom stereocenters. The molecular weight excluding hydrogens is 172 g/mol. The van der Waals surface area contributed by atoms with E-state index in [1.807, 2.05) is 12.1 Å². The molecule has 2 unspecified atom stereocenters. The standard InChI is InChI=1S/C9H11ClN2/c1-6-5-8(6)12-9-7(10)3-2-4-11-9/h2-4,6,8H,5H2,1H3,(H,11,12). The van der Waals surface area contributed by atoms with E-state index in [0.717, 1.165) is 11.7 Å². The van der Waals surface area contributed by atoms with Gasteiger partial charge in [0.1, 0.15) is 5.82 Å². The average Bonchev–Trinajstić information content (AvgIpc) is 2.72. The lowest BCUT2D eigenvalue weighted by Gasteiger charge is -2.04. The van der Waals surface area contributed by atoms with E-state index in [4.69, 9.17) is 11.6 Å². The average molecular weight is 183 g/mol. The smallest absolute Gasteiger partial charge is 0.144 e. The zero-order valence-electron chi connectivity index (χ0n) is 6.92. The molecule has 0 aromatic carbocycles. The molecule has 0 saturated heterocycles. The molecule has 0 bridgehead atoms. The molecule has 1 heterocycles. The number of hydrogen-bond acceptors (Lipinski definition) is 2. The molecule has 1 aliphatic carbocycles. The summed E-state index contributed by atoms with van der Waals surface area (Å²) in [5.41, 5.74) is 0. The van der Waals surface area contributed by atoms with Crippen LogP contribution in [0, 0.1) is 5.92 Å². The molecule has 1 fully saturated rings. The number of hydrogen-bond donors (Lipinski definition) is 1. The van der Waals surface area contributed by atoms with Crippen molar-refractivity contribution in [1.82, 2.24) is 4.98 Å². The number of pyridine rings is 1. The van der Waals surface area contributed by atoms with Crippen molar-refractivity contribution in [2.75, 3.05) is 5.32 Å². The summed E-state index contributed by atoms with van der Waals surface area (Å²) in [6.07, 6.45) is 2.98. The molecule has 1 aromatic heterocycles. The van der Waals surface area contributed by atoms with Crippen molar-refractivity contribution < 1.29 is 0 Å². The van der Waals surface area contributed by atoms with Gasteiger partial charge in [0.05, 0.1) is 5.02 Å². The maximum atomic E-state index is 5.92. The van der Waals surface area contributed by atoms with E-state index >= 15 is 0 Å². The van der Waals surface area contributed by atoms with Gasteiger partial charge in [0.2, 0.25) is 0 Å². The summed E-state index contributed by atoms with van der Waals surface area (Å²) in [6, 6.07) is 4.27. The molecule has 2 rings (SSSR count). The Bertz CT molecular complexity index is 288. The third-order valence-electron chi connectivity index (χ3n) is 2.19. The van der Waals surface area contributed by atoms with E-state index < -0.39 is 0 Å². The van der Waals surface area contributed by atoms with Crippen molar-refractivity contribution >= 4 is 17.4 Å². The van der Waals surface area contributed by atoms with Gasteiger partial charge in [-0.05, 0) is 24.5 Å². The first-order valence-corrected chi connectivity index (χ1v) is 4.52. The lowest BCUT2D eigenvalue weighted by molar-refractivity contribution is 0.924. The fourth-order valence-electron chi connectivity index (χ4n) is 1.19. The number of aromatic nitrogens is 1. The summed E-state index contributed by atoms with van der Waals surface area (Å²) in [7, 11) is 0. The van der Waals surface area contributed by atoms with Crippen LogP contribution in [-0.2, 0) is 0 Å². The van der Waals surface area contributed by atoms with Gasteiger partial charge < -0.3 is 5.32 Å². The monoisotopic (exact) mass is 182 g/mol. The molecule has 12 heavy (non-hydrogen) atoms. The Labute approximate surface area is 77.0 Å². The predicted molar refractivity (Wildman–Crippen MR) is 50.4 cm³/mol. The van der Waals surface area contributed by atoms with Crippen LogP contribution < -0.4 is 5.32 Å². The van der Waals surface area contributed by atoms with Crippen LogP contribution in [0.5, 0.6) is 0 Å². The van der Waals surface area contributed by atoms with Gasteiger partial charge in [-0.25, -0.2) is 4.98 Å². The van der Waals surface area contributed by atoms with Crippen molar-refractivity contribution in [1.29, 1.82) is 0 Å². The van der Waals surface area contributed by atoms with Crippen LogP contribution >= 0.6 is 11.6 Å². The van der Waals surface area contributed by atoms with Crippen LogP contribution in [0.3, 0.4) is 0 Å². The maximum absolute atomic E-state index is 5.92. The maximum Gasteiger partial charge on any atom is 0.144 e. The lowest BCUT2D eigenvalue weighted by Crippen LogP contribution is -2.05. The molecule has 1 N–H and O–H groups in total. The van der Waals surface area contributed by atoms with Crippen LogP contribution in [-0.4, -0.2) is 11.0 Å². The summed E-state index contributed by atoms with van der Waals surface area (Å²) < 4.78 is 0. The first-order valence-electron chi connectivity index (χ1n) is 4.14. The van der Waals surface area contributed by atoms with Crippen molar-refractivity contribution in [2.24, 2.45) is 5.92 Å². The molecule has 2 nitrogen and oxygen atoms in total. The molecule has 0 radical (unpaired) electrons. The van der Waals surface area contributed by atoms with Crippen LogP contribution in [0.15, 0.2) is 18.3 Å². The first-order chi connectivity index (χ1) is 5.77. The summed E-state index contributed by atoms with van der Waals surface area (Å²) in [5, 5.41) is 4.00. The van der Waals surface area contributed by atoms with Gasteiger partial charge in [0, 0.05) is 12.2 Å². The number of halogens is 1. The Morgan fingerprint density at radius 1 is 1.67 bits per heavy atom. The first kappa shape index (κ1) is 7.87. The lowest BCUT2D eigenvalue weighted by atomic mass is 10.4. The largest absolute Gasteiger partial charge is 0.366 e. The Balaban J connectivity index is 2.08. The van der Waals surface area contributed by atoms with Crippen molar-refractivity contribution in [2.45, 2.75) is 19.4 Å². The van der Waals surface area contributed by atoms with Crippen LogP contribution in [0.2, 0.25) is 5.02 Å². The van der Waals surface area contributed by atoms with E-state index in [1.54, 1.807) is 6.20 Å². The van der Waals surface area contributed by atoms with Crippen LogP contribution in [0.25, 0.3) is 0 Å². The summed E-state index contributed by atoms with van der Waals surface area (Å²) >= 11 is 5.92. The molecule has 0 amide bonds. The fourth-order valence-corrected chi connectivity index (χ4v) is 1.37. The Kier molecular flexibility index (Phi) is 1.93. The SMILES string of the molecule is CC1CC1Nc1ncccc1Cl. The summed E-state index contributed by atoms with van der Waals surface area (Å²) in [5.74, 6) is 1.58. The Hall–Kier alpha value is -0.760. The molecule has 0 spiro atoms. The predicted octanol–water partition coefficient (Wildman–Crippen LogP) is 2.56. The molecule has 1 aromatic rings. The van der Waals surface area contributed by atoms with Crippen molar-refractivity contribution in [3.05, 3.63) is 23.4 Å². The highest BCUT2D eigenvalue weighted by molar-refractivity contribution is 6.32. The minimum Gasteiger partial charge on any atom is -0.366 e. The molecule has 1 aliphatic rings. The Morgan fingerprint density at radius 2 is 2.42 bits per heavy atom. The Morgan fingerprint density at radius 3 is 3.00 bits per heavy atom. The number of nitrogens with zero attached hydrogens (tertiary/aromatic N) is 1. The molecule has 3 heteroatoms. The van der Waals surface area contributed by atoms with Gasteiger partial charge in [-0.3, -0.25) is 0 Å². The molecule has 0 aliphatic heterocycles. The fraction of sp³-hybridized carbons (Fsp3) is 0.444. The van der Waals surface area contributed by atoms with Gasteiger partial charge in [0.25, 0.3) is 0 Å². The second-order valence-electron chi connectivity index (χ2n) is 3.30. The highest BCUT2D eigenvalue weighted by Crippen LogP contribution is 2.33. The van der Waals surface area contributed by atoms with Crippen molar-refractivity contribution in [3.63, 3.8) is 0 Å². The minimum atomic E-state index is 0.581. The zero-order chi connectivity index (χ0) is 8.55. The highest BCUT2D eigenvalue weighted by atomic mass is 35.5.